The second kappa shape index (κ2) is 8.43. The summed E-state index contributed by atoms with van der Waals surface area (Å²) in [5.74, 6) is 2.70. The molecule has 1 saturated carbocycles. The van der Waals surface area contributed by atoms with E-state index in [1.165, 1.54) is 56.2 Å². The van der Waals surface area contributed by atoms with Gasteiger partial charge in [0.1, 0.15) is 5.75 Å². The maximum Gasteiger partial charge on any atom is 0.122 e. The molecule has 2 atom stereocenters. The van der Waals surface area contributed by atoms with Crippen molar-refractivity contribution in [1.29, 1.82) is 0 Å². The Hall–Kier alpha value is -1.02. The SMILES string of the molecule is CCCNCC1CCCCC1Cc1cc(C)ccc1OC. The molecule has 0 radical (unpaired) electrons. The van der Waals surface area contributed by atoms with Gasteiger partial charge in [-0.25, -0.2) is 0 Å². The summed E-state index contributed by atoms with van der Waals surface area (Å²) in [5, 5.41) is 3.63. The van der Waals surface area contributed by atoms with Crippen LogP contribution in [0.1, 0.15) is 50.2 Å². The van der Waals surface area contributed by atoms with E-state index in [4.69, 9.17) is 4.74 Å². The third kappa shape index (κ3) is 4.74. The number of methoxy groups -OCH3 is 1. The van der Waals surface area contributed by atoms with Crippen LogP contribution in [0, 0.1) is 18.8 Å². The molecule has 118 valence electrons. The lowest BCUT2D eigenvalue weighted by Gasteiger charge is -2.32. The zero-order valence-corrected chi connectivity index (χ0v) is 14.0. The summed E-state index contributed by atoms with van der Waals surface area (Å²) < 4.78 is 5.56. The highest BCUT2D eigenvalue weighted by atomic mass is 16.5. The van der Waals surface area contributed by atoms with E-state index >= 15 is 0 Å². The average molecular weight is 289 g/mol. The van der Waals surface area contributed by atoms with Gasteiger partial charge in [-0.3, -0.25) is 0 Å². The Morgan fingerprint density at radius 1 is 1.19 bits per heavy atom. The molecule has 0 spiro atoms. The van der Waals surface area contributed by atoms with Gasteiger partial charge in [0.2, 0.25) is 0 Å². The minimum absolute atomic E-state index is 0.804. The van der Waals surface area contributed by atoms with Crippen molar-refractivity contribution in [2.75, 3.05) is 20.2 Å². The molecule has 1 aliphatic carbocycles. The summed E-state index contributed by atoms with van der Waals surface area (Å²) in [7, 11) is 1.79. The van der Waals surface area contributed by atoms with Crippen LogP contribution in [0.15, 0.2) is 18.2 Å². The van der Waals surface area contributed by atoms with Crippen LogP contribution in [-0.2, 0) is 6.42 Å². The highest BCUT2D eigenvalue weighted by molar-refractivity contribution is 5.37. The fourth-order valence-electron chi connectivity index (χ4n) is 3.64. The molecule has 1 aromatic rings. The maximum atomic E-state index is 5.56. The van der Waals surface area contributed by atoms with Crippen LogP contribution in [0.4, 0.5) is 0 Å². The lowest BCUT2D eigenvalue weighted by atomic mass is 9.76. The summed E-state index contributed by atoms with van der Waals surface area (Å²) in [4.78, 5) is 0. The minimum atomic E-state index is 0.804. The lowest BCUT2D eigenvalue weighted by molar-refractivity contribution is 0.227. The van der Waals surface area contributed by atoms with E-state index in [2.05, 4.69) is 37.4 Å². The molecule has 2 heteroatoms. The monoisotopic (exact) mass is 289 g/mol. The Bertz CT molecular complexity index is 430. The third-order valence-electron chi connectivity index (χ3n) is 4.82. The smallest absolute Gasteiger partial charge is 0.122 e. The minimum Gasteiger partial charge on any atom is -0.496 e. The van der Waals surface area contributed by atoms with Crippen molar-refractivity contribution in [2.24, 2.45) is 11.8 Å². The molecular formula is C19H31NO. The molecule has 1 fully saturated rings. The normalized spacial score (nSPS) is 22.2. The van der Waals surface area contributed by atoms with Crippen molar-refractivity contribution in [3.8, 4) is 5.75 Å². The van der Waals surface area contributed by atoms with Gasteiger partial charge >= 0.3 is 0 Å². The van der Waals surface area contributed by atoms with E-state index in [1.54, 1.807) is 7.11 Å². The Balaban J connectivity index is 2.02. The first-order chi connectivity index (χ1) is 10.2. The highest BCUT2D eigenvalue weighted by Crippen LogP contribution is 2.34. The maximum absolute atomic E-state index is 5.56. The average Bonchev–Trinajstić information content (AvgIpc) is 2.49. The Morgan fingerprint density at radius 3 is 2.67 bits per heavy atom. The summed E-state index contributed by atoms with van der Waals surface area (Å²) in [6, 6.07) is 6.57. The number of benzene rings is 1. The molecule has 2 unspecified atom stereocenters. The van der Waals surface area contributed by atoms with Crippen LogP contribution in [0.5, 0.6) is 5.75 Å². The molecule has 1 N–H and O–H groups in total. The van der Waals surface area contributed by atoms with Crippen molar-refractivity contribution >= 4 is 0 Å². The lowest BCUT2D eigenvalue weighted by Crippen LogP contribution is -2.32. The van der Waals surface area contributed by atoms with Crippen LogP contribution < -0.4 is 10.1 Å². The molecule has 0 saturated heterocycles. The highest BCUT2D eigenvalue weighted by Gasteiger charge is 2.25. The van der Waals surface area contributed by atoms with Gasteiger partial charge in [-0.05, 0) is 69.2 Å². The van der Waals surface area contributed by atoms with Gasteiger partial charge in [-0.2, -0.15) is 0 Å². The molecule has 0 aliphatic heterocycles. The molecule has 1 aromatic carbocycles. The van der Waals surface area contributed by atoms with Gasteiger partial charge in [0.15, 0.2) is 0 Å². The molecule has 1 aliphatic rings. The second-order valence-electron chi connectivity index (χ2n) is 6.53. The third-order valence-corrected chi connectivity index (χ3v) is 4.82. The molecule has 0 heterocycles. The standard InChI is InChI=1S/C19H31NO/c1-4-11-20-14-17-8-6-5-7-16(17)13-18-12-15(2)9-10-19(18)21-3/h9-10,12,16-17,20H,4-8,11,13-14H2,1-3H3. The van der Waals surface area contributed by atoms with E-state index in [0.717, 1.165) is 24.1 Å². The molecule has 0 aromatic heterocycles. The molecule has 2 nitrogen and oxygen atoms in total. The van der Waals surface area contributed by atoms with Crippen LogP contribution >= 0.6 is 0 Å². The van der Waals surface area contributed by atoms with E-state index < -0.39 is 0 Å². The number of rotatable bonds is 7. The Kier molecular flexibility index (Phi) is 6.56. The second-order valence-corrected chi connectivity index (χ2v) is 6.53. The van der Waals surface area contributed by atoms with Crippen molar-refractivity contribution in [3.63, 3.8) is 0 Å². The fourth-order valence-corrected chi connectivity index (χ4v) is 3.64. The van der Waals surface area contributed by atoms with Crippen molar-refractivity contribution in [2.45, 2.75) is 52.4 Å². The Morgan fingerprint density at radius 2 is 1.95 bits per heavy atom. The molecule has 2 rings (SSSR count). The van der Waals surface area contributed by atoms with Crippen molar-refractivity contribution in [3.05, 3.63) is 29.3 Å². The van der Waals surface area contributed by atoms with Gasteiger partial charge in [-0.15, -0.1) is 0 Å². The molecular weight excluding hydrogens is 258 g/mol. The summed E-state index contributed by atoms with van der Waals surface area (Å²) in [6.45, 7) is 6.75. The predicted molar refractivity (Wildman–Crippen MR) is 90.0 cm³/mol. The zero-order valence-electron chi connectivity index (χ0n) is 14.0. The number of nitrogens with one attached hydrogen (secondary N) is 1. The van der Waals surface area contributed by atoms with Crippen LogP contribution in [0.3, 0.4) is 0 Å². The van der Waals surface area contributed by atoms with Gasteiger partial charge in [0.25, 0.3) is 0 Å². The molecule has 0 amide bonds. The largest absolute Gasteiger partial charge is 0.496 e. The summed E-state index contributed by atoms with van der Waals surface area (Å²) in [5.41, 5.74) is 2.73. The van der Waals surface area contributed by atoms with Crippen molar-refractivity contribution in [1.82, 2.24) is 5.32 Å². The van der Waals surface area contributed by atoms with Crippen molar-refractivity contribution < 1.29 is 4.74 Å². The Labute approximate surface area is 130 Å². The predicted octanol–water partition coefficient (Wildman–Crippen LogP) is 4.35. The van der Waals surface area contributed by atoms with E-state index in [1.807, 2.05) is 0 Å². The summed E-state index contributed by atoms with van der Waals surface area (Å²) in [6.07, 6.45) is 7.94. The number of aryl methyl sites for hydroxylation is 1. The first-order valence-electron chi connectivity index (χ1n) is 8.58. The van der Waals surface area contributed by atoms with Crippen LogP contribution in [0.25, 0.3) is 0 Å². The van der Waals surface area contributed by atoms with Gasteiger partial charge in [0, 0.05) is 0 Å². The van der Waals surface area contributed by atoms with Crippen LogP contribution in [-0.4, -0.2) is 20.2 Å². The van der Waals surface area contributed by atoms with Gasteiger partial charge in [-0.1, -0.05) is 37.5 Å². The molecule has 21 heavy (non-hydrogen) atoms. The quantitative estimate of drug-likeness (QED) is 0.753. The van der Waals surface area contributed by atoms with E-state index in [-0.39, 0.29) is 0 Å². The summed E-state index contributed by atoms with van der Waals surface area (Å²) >= 11 is 0. The van der Waals surface area contributed by atoms with Crippen LogP contribution in [0.2, 0.25) is 0 Å². The number of ether oxygens (including phenoxy) is 1. The van der Waals surface area contributed by atoms with Gasteiger partial charge in [0.05, 0.1) is 7.11 Å². The van der Waals surface area contributed by atoms with E-state index in [0.29, 0.717) is 0 Å². The topological polar surface area (TPSA) is 21.3 Å². The van der Waals surface area contributed by atoms with Gasteiger partial charge < -0.3 is 10.1 Å². The molecule has 0 bridgehead atoms. The first kappa shape index (κ1) is 16.4. The number of hydrogen-bond acceptors (Lipinski definition) is 2. The van der Waals surface area contributed by atoms with E-state index in [9.17, 15) is 0 Å². The zero-order chi connectivity index (χ0) is 15.1. The fraction of sp³-hybridized carbons (Fsp3) is 0.684. The number of hydrogen-bond donors (Lipinski definition) is 1. The first-order valence-corrected chi connectivity index (χ1v) is 8.58.